The summed E-state index contributed by atoms with van der Waals surface area (Å²) < 4.78 is 4.85. The Kier molecular flexibility index (Phi) is 5.52. The maximum absolute atomic E-state index is 11.4. The van der Waals surface area contributed by atoms with Crippen LogP contribution < -0.4 is 0 Å². The molecule has 0 N–H and O–H groups in total. The third-order valence-electron chi connectivity index (χ3n) is 2.73. The molecule has 21 heavy (non-hydrogen) atoms. The van der Waals surface area contributed by atoms with Gasteiger partial charge < -0.3 is 4.74 Å². The molecule has 4 nitrogen and oxygen atoms in total. The maximum atomic E-state index is 11.4. The van der Waals surface area contributed by atoms with E-state index in [9.17, 15) is 4.79 Å². The van der Waals surface area contributed by atoms with Crippen LogP contribution in [0.4, 0.5) is 4.79 Å². The van der Waals surface area contributed by atoms with Crippen molar-refractivity contribution >= 4 is 11.9 Å². The number of rotatable bonds is 5. The molecule has 2 aromatic carbocycles. The van der Waals surface area contributed by atoms with E-state index in [1.165, 1.54) is 0 Å². The molecule has 0 aliphatic rings. The molecule has 0 fully saturated rings. The summed E-state index contributed by atoms with van der Waals surface area (Å²) >= 11 is 0. The van der Waals surface area contributed by atoms with E-state index >= 15 is 0 Å². The van der Waals surface area contributed by atoms with E-state index in [1.807, 2.05) is 67.6 Å². The second kappa shape index (κ2) is 7.85. The number of carbonyl (C=O) groups excluding carboxylic acids is 1. The van der Waals surface area contributed by atoms with Gasteiger partial charge in [0.05, 0.1) is 6.61 Å². The van der Waals surface area contributed by atoms with Crippen molar-refractivity contribution in [2.45, 2.75) is 13.3 Å². The summed E-state index contributed by atoms with van der Waals surface area (Å²) in [5, 5.41) is 3.96. The Hall–Kier alpha value is -2.62. The van der Waals surface area contributed by atoms with Crippen LogP contribution in [0, 0.1) is 0 Å². The zero-order chi connectivity index (χ0) is 14.9. The monoisotopic (exact) mass is 283 g/mol. The van der Waals surface area contributed by atoms with Gasteiger partial charge in [-0.2, -0.15) is 0 Å². The van der Waals surface area contributed by atoms with E-state index in [2.05, 4.69) is 5.16 Å². The number of carbonyl (C=O) groups is 1. The van der Waals surface area contributed by atoms with Gasteiger partial charge >= 0.3 is 6.16 Å². The first-order valence-corrected chi connectivity index (χ1v) is 6.84. The van der Waals surface area contributed by atoms with Crippen molar-refractivity contribution in [1.82, 2.24) is 0 Å². The minimum Gasteiger partial charge on any atom is -0.433 e. The van der Waals surface area contributed by atoms with Gasteiger partial charge in [-0.15, -0.1) is 0 Å². The number of benzene rings is 2. The Morgan fingerprint density at radius 2 is 1.48 bits per heavy atom. The summed E-state index contributed by atoms with van der Waals surface area (Å²) in [6.07, 6.45) is -0.0514. The second-order valence-corrected chi connectivity index (χ2v) is 4.36. The van der Waals surface area contributed by atoms with E-state index in [-0.39, 0.29) is 0 Å². The van der Waals surface area contributed by atoms with Crippen LogP contribution in [0.3, 0.4) is 0 Å². The third kappa shape index (κ3) is 4.45. The lowest BCUT2D eigenvalue weighted by atomic mass is 10.0. The van der Waals surface area contributed by atoms with Crippen LogP contribution in [-0.2, 0) is 9.57 Å². The number of hydrogen-bond acceptors (Lipinski definition) is 4. The van der Waals surface area contributed by atoms with Crippen molar-refractivity contribution in [3.05, 3.63) is 71.8 Å². The van der Waals surface area contributed by atoms with Gasteiger partial charge in [0.2, 0.25) is 0 Å². The quantitative estimate of drug-likeness (QED) is 0.360. The smallest absolute Gasteiger partial charge is 0.433 e. The van der Waals surface area contributed by atoms with Crippen LogP contribution in [0.25, 0.3) is 0 Å². The molecular weight excluding hydrogens is 266 g/mol. The molecule has 0 saturated heterocycles. The number of ether oxygens (including phenoxy) is 1. The highest BCUT2D eigenvalue weighted by atomic mass is 16.8. The maximum Gasteiger partial charge on any atom is 0.535 e. The number of nitrogens with zero attached hydrogens (tertiary/aromatic N) is 1. The fraction of sp³-hybridized carbons (Fsp3) is 0.176. The van der Waals surface area contributed by atoms with Gasteiger partial charge in [0.25, 0.3) is 0 Å². The summed E-state index contributed by atoms with van der Waals surface area (Å²) in [5.74, 6) is 0. The Labute approximate surface area is 124 Å². The van der Waals surface area contributed by atoms with E-state index < -0.39 is 6.16 Å². The average molecular weight is 283 g/mol. The molecule has 0 atom stereocenters. The minimum atomic E-state index is -0.791. The second-order valence-electron chi connectivity index (χ2n) is 4.36. The van der Waals surface area contributed by atoms with Gasteiger partial charge in [-0.3, -0.25) is 4.84 Å². The highest BCUT2D eigenvalue weighted by Gasteiger charge is 2.09. The molecule has 0 spiro atoms. The number of hydrogen-bond donors (Lipinski definition) is 0. The van der Waals surface area contributed by atoms with Crippen molar-refractivity contribution in [2.75, 3.05) is 6.61 Å². The van der Waals surface area contributed by atoms with Crippen molar-refractivity contribution in [2.24, 2.45) is 5.16 Å². The summed E-state index contributed by atoms with van der Waals surface area (Å²) in [6.45, 7) is 2.23. The summed E-state index contributed by atoms with van der Waals surface area (Å²) in [6, 6.07) is 19.1. The molecule has 0 saturated carbocycles. The first-order valence-electron chi connectivity index (χ1n) is 6.84. The van der Waals surface area contributed by atoms with Crippen LogP contribution >= 0.6 is 0 Å². The normalized spacial score (nSPS) is 9.76. The lowest BCUT2D eigenvalue weighted by Crippen LogP contribution is -2.09. The Morgan fingerprint density at radius 3 is 1.95 bits per heavy atom. The van der Waals surface area contributed by atoms with Gasteiger partial charge in [-0.25, -0.2) is 4.79 Å². The van der Waals surface area contributed by atoms with Gasteiger partial charge in [-0.05, 0) is 6.42 Å². The number of oxime groups is 1. The molecule has 0 aliphatic heterocycles. The van der Waals surface area contributed by atoms with Crippen molar-refractivity contribution < 1.29 is 14.4 Å². The Morgan fingerprint density at radius 1 is 0.952 bits per heavy atom. The molecule has 2 rings (SSSR count). The predicted molar refractivity (Wildman–Crippen MR) is 81.2 cm³/mol. The third-order valence-corrected chi connectivity index (χ3v) is 2.73. The van der Waals surface area contributed by atoms with Crippen LogP contribution in [0.5, 0.6) is 0 Å². The van der Waals surface area contributed by atoms with E-state index in [0.717, 1.165) is 17.5 Å². The van der Waals surface area contributed by atoms with Gasteiger partial charge in [0.15, 0.2) is 0 Å². The summed E-state index contributed by atoms with van der Waals surface area (Å²) in [4.78, 5) is 16.3. The van der Waals surface area contributed by atoms with E-state index in [4.69, 9.17) is 9.57 Å². The molecule has 0 amide bonds. The first kappa shape index (κ1) is 14.8. The highest BCUT2D eigenvalue weighted by Crippen LogP contribution is 2.11. The molecule has 108 valence electrons. The Bertz CT molecular complexity index is 552. The molecule has 0 aliphatic carbocycles. The average Bonchev–Trinajstić information content (AvgIpc) is 2.55. The zero-order valence-electron chi connectivity index (χ0n) is 11.9. The molecule has 0 heterocycles. The SMILES string of the molecule is CCCOC(=O)ON=C(c1ccccc1)c1ccccc1. The van der Waals surface area contributed by atoms with Crippen molar-refractivity contribution in [3.63, 3.8) is 0 Å². The summed E-state index contributed by atoms with van der Waals surface area (Å²) in [5.41, 5.74) is 2.32. The fourth-order valence-corrected chi connectivity index (χ4v) is 1.76. The lowest BCUT2D eigenvalue weighted by molar-refractivity contribution is 0.0576. The first-order chi connectivity index (χ1) is 10.3. The van der Waals surface area contributed by atoms with Gasteiger partial charge in [0, 0.05) is 11.1 Å². The van der Waals surface area contributed by atoms with Crippen molar-refractivity contribution in [1.29, 1.82) is 0 Å². The predicted octanol–water partition coefficient (Wildman–Crippen LogP) is 4.00. The van der Waals surface area contributed by atoms with E-state index in [1.54, 1.807) is 0 Å². The molecule has 2 aromatic rings. The topological polar surface area (TPSA) is 47.9 Å². The lowest BCUT2D eigenvalue weighted by Gasteiger charge is -2.06. The standard InChI is InChI=1S/C17H17NO3/c1-2-13-20-17(19)21-18-16(14-9-5-3-6-10-14)15-11-7-4-8-12-15/h3-12H,2,13H2,1H3. The molecule has 4 heteroatoms. The Balaban J connectivity index is 2.23. The van der Waals surface area contributed by atoms with Gasteiger partial charge in [-0.1, -0.05) is 72.7 Å². The molecule has 0 bridgehead atoms. The van der Waals surface area contributed by atoms with E-state index in [0.29, 0.717) is 12.3 Å². The highest BCUT2D eigenvalue weighted by molar-refractivity contribution is 6.12. The summed E-state index contributed by atoms with van der Waals surface area (Å²) in [7, 11) is 0. The van der Waals surface area contributed by atoms with Crippen LogP contribution in [0.2, 0.25) is 0 Å². The van der Waals surface area contributed by atoms with Crippen LogP contribution in [0.15, 0.2) is 65.8 Å². The van der Waals surface area contributed by atoms with Crippen LogP contribution in [0.1, 0.15) is 24.5 Å². The molecular formula is C17H17NO3. The van der Waals surface area contributed by atoms with Crippen LogP contribution in [-0.4, -0.2) is 18.5 Å². The molecule has 0 unspecified atom stereocenters. The molecule has 0 aromatic heterocycles. The molecule has 0 radical (unpaired) electrons. The zero-order valence-corrected chi connectivity index (χ0v) is 11.9. The minimum absolute atomic E-state index is 0.320. The fourth-order valence-electron chi connectivity index (χ4n) is 1.76. The van der Waals surface area contributed by atoms with Crippen molar-refractivity contribution in [3.8, 4) is 0 Å². The largest absolute Gasteiger partial charge is 0.535 e. The van der Waals surface area contributed by atoms with Gasteiger partial charge in [0.1, 0.15) is 5.71 Å².